The Hall–Kier alpha value is -7.88. The van der Waals surface area contributed by atoms with Crippen molar-refractivity contribution in [3.63, 3.8) is 0 Å². The van der Waals surface area contributed by atoms with Crippen LogP contribution in [0, 0.1) is 53.7 Å². The van der Waals surface area contributed by atoms with Gasteiger partial charge in [0.25, 0.3) is 11.4 Å². The zero-order chi connectivity index (χ0) is 36.4. The van der Waals surface area contributed by atoms with Crippen molar-refractivity contribution in [1.82, 2.24) is 0 Å². The first-order chi connectivity index (χ1) is 25.0. The van der Waals surface area contributed by atoms with E-state index >= 15 is 0 Å². The van der Waals surface area contributed by atoms with E-state index in [0.717, 1.165) is 29.3 Å². The topological polar surface area (TPSA) is 90.9 Å². The van der Waals surface area contributed by atoms with Crippen molar-refractivity contribution in [2.75, 3.05) is 16.3 Å². The summed E-state index contributed by atoms with van der Waals surface area (Å²) < 4.78 is 0. The van der Waals surface area contributed by atoms with E-state index in [0.29, 0.717) is 17.7 Å². The fraction of sp³-hybridized carbons (Fsp3) is 0.0698. The van der Waals surface area contributed by atoms with E-state index in [1.54, 1.807) is 36.4 Å². The van der Waals surface area contributed by atoms with Gasteiger partial charge >= 0.3 is 0 Å². The molecule has 0 atom stereocenters. The third-order valence-corrected chi connectivity index (χ3v) is 7.68. The molecule has 0 aromatic heterocycles. The zero-order valence-corrected chi connectivity index (χ0v) is 27.8. The molecule has 5 rings (SSSR count). The fourth-order valence-electron chi connectivity index (χ4n) is 5.21. The second kappa shape index (κ2) is 18.5. The molecule has 0 fully saturated rings. The van der Waals surface area contributed by atoms with Crippen LogP contribution >= 0.6 is 0 Å². The van der Waals surface area contributed by atoms with Crippen molar-refractivity contribution in [3.8, 4) is 18.2 Å². The molecule has 8 nitrogen and oxygen atoms in total. The smallest absolute Gasteiger partial charge is 0.279 e. The van der Waals surface area contributed by atoms with Crippen LogP contribution in [0.2, 0.25) is 0 Å². The highest BCUT2D eigenvalue weighted by Gasteiger charge is 2.14. The van der Waals surface area contributed by atoms with Crippen LogP contribution in [0.15, 0.2) is 151 Å². The van der Waals surface area contributed by atoms with E-state index in [1.165, 1.54) is 5.56 Å². The Balaban J connectivity index is 0.000000233. The maximum Gasteiger partial charge on any atom is 0.279 e. The molecule has 0 aliphatic rings. The monoisotopic (exact) mass is 658 g/mol. The second-order valence-electron chi connectivity index (χ2n) is 10.7. The average molecular weight is 659 g/mol. The molecule has 8 heteroatoms. The summed E-state index contributed by atoms with van der Waals surface area (Å²) in [6.07, 6.45) is 0. The van der Waals surface area contributed by atoms with Crippen LogP contribution in [-0.4, -0.2) is 6.54 Å². The highest BCUT2D eigenvalue weighted by molar-refractivity contribution is 5.83. The largest absolute Gasteiger partial charge is 0.342 e. The first-order valence-electron chi connectivity index (χ1n) is 15.7. The van der Waals surface area contributed by atoms with Gasteiger partial charge in [-0.25, -0.2) is 25.1 Å². The molecular weight excluding hydrogens is 629 g/mol. The summed E-state index contributed by atoms with van der Waals surface area (Å²) in [4.78, 5) is 13.9. The molecule has 0 N–H and O–H groups in total. The molecule has 5 aromatic rings. The van der Waals surface area contributed by atoms with Gasteiger partial charge in [0.05, 0.1) is 43.5 Å². The average Bonchev–Trinajstić information content (AvgIpc) is 3.20. The van der Waals surface area contributed by atoms with Gasteiger partial charge in [0, 0.05) is 35.8 Å². The lowest BCUT2D eigenvalue weighted by atomic mass is 10.0. The maximum atomic E-state index is 9.35. The predicted octanol–water partition coefficient (Wildman–Crippen LogP) is 10.6. The van der Waals surface area contributed by atoms with E-state index in [2.05, 4.69) is 43.4 Å². The Morgan fingerprint density at radius 3 is 1.37 bits per heavy atom. The molecule has 51 heavy (non-hydrogen) atoms. The van der Waals surface area contributed by atoms with Gasteiger partial charge < -0.3 is 9.80 Å². The third-order valence-electron chi connectivity index (χ3n) is 7.68. The Morgan fingerprint density at radius 1 is 0.510 bits per heavy atom. The van der Waals surface area contributed by atoms with E-state index < -0.39 is 0 Å². The van der Waals surface area contributed by atoms with Gasteiger partial charge in [-0.2, -0.15) is 5.26 Å². The van der Waals surface area contributed by atoms with Crippen LogP contribution in [0.1, 0.15) is 23.6 Å². The second-order valence-corrected chi connectivity index (χ2v) is 10.7. The number of hydrogen-bond donors (Lipinski definition) is 0. The fourth-order valence-corrected chi connectivity index (χ4v) is 5.21. The van der Waals surface area contributed by atoms with Gasteiger partial charge in [0.1, 0.15) is 0 Å². The van der Waals surface area contributed by atoms with Gasteiger partial charge in [-0.3, -0.25) is 0 Å². The van der Waals surface area contributed by atoms with Gasteiger partial charge in [-0.1, -0.05) is 91.0 Å². The van der Waals surface area contributed by atoms with E-state index in [-0.39, 0.29) is 22.7 Å². The Labute approximate surface area is 299 Å². The summed E-state index contributed by atoms with van der Waals surface area (Å²) in [7, 11) is 0. The summed E-state index contributed by atoms with van der Waals surface area (Å²) in [5.41, 5.74) is 6.22. The number of nitrogens with zero attached hydrogens (tertiary/aromatic N) is 8. The molecule has 0 saturated carbocycles. The molecule has 0 saturated heterocycles. The zero-order valence-electron chi connectivity index (χ0n) is 27.8. The number of nitriles is 3. The van der Waals surface area contributed by atoms with Crippen molar-refractivity contribution in [2.24, 2.45) is 0 Å². The summed E-state index contributed by atoms with van der Waals surface area (Å²) in [5.74, 6) is 0. The summed E-state index contributed by atoms with van der Waals surface area (Å²) in [6, 6.07) is 50.5. The van der Waals surface area contributed by atoms with Crippen LogP contribution in [0.25, 0.3) is 25.8 Å². The number of benzene rings is 5. The number of para-hydroxylation sites is 2. The van der Waals surface area contributed by atoms with Crippen LogP contribution < -0.4 is 9.80 Å². The molecule has 0 unspecified atom stereocenters. The molecule has 0 aliphatic carbocycles. The minimum Gasteiger partial charge on any atom is -0.342 e. The standard InChI is InChI=1S/C24H16N4.C19H14N4/c1-27-24(17-26)23(16-25)20-12-14-22(15-13-20)28(21-10-6-3-7-11-21)18-19-8-4-2-5-9-19;1-4-23(16-8-6-5-7-9-16)17-12-10-15(11-13-17)19(22-3)18(14-20)21-2/h2-15H,18H2;5-13H,4H2,1H3/b24-23-;19-18-. The molecule has 0 amide bonds. The van der Waals surface area contributed by atoms with Crippen LogP contribution in [0.5, 0.6) is 0 Å². The first-order valence-corrected chi connectivity index (χ1v) is 15.7. The predicted molar refractivity (Wildman–Crippen MR) is 201 cm³/mol. The summed E-state index contributed by atoms with van der Waals surface area (Å²) in [5, 5.41) is 27.4. The minimum atomic E-state index is -0.195. The number of hydrogen-bond acceptors (Lipinski definition) is 5. The quantitative estimate of drug-likeness (QED) is 0.116. The molecule has 0 spiro atoms. The van der Waals surface area contributed by atoms with E-state index in [4.69, 9.17) is 30.2 Å². The van der Waals surface area contributed by atoms with Gasteiger partial charge in [-0.15, -0.1) is 0 Å². The summed E-state index contributed by atoms with van der Waals surface area (Å²) in [6.45, 7) is 24.8. The van der Waals surface area contributed by atoms with Gasteiger partial charge in [-0.05, 0) is 72.1 Å². The van der Waals surface area contributed by atoms with E-state index in [1.807, 2.05) is 109 Å². The number of anilines is 4. The van der Waals surface area contributed by atoms with Crippen LogP contribution in [0.4, 0.5) is 22.7 Å². The Morgan fingerprint density at radius 2 is 0.941 bits per heavy atom. The van der Waals surface area contributed by atoms with Crippen LogP contribution in [-0.2, 0) is 6.54 Å². The van der Waals surface area contributed by atoms with Crippen molar-refractivity contribution >= 4 is 34.0 Å². The van der Waals surface area contributed by atoms with Crippen molar-refractivity contribution in [2.45, 2.75) is 13.5 Å². The highest BCUT2D eigenvalue weighted by Crippen LogP contribution is 2.30. The van der Waals surface area contributed by atoms with Crippen molar-refractivity contribution < 1.29 is 0 Å². The normalized spacial score (nSPS) is 10.7. The lowest BCUT2D eigenvalue weighted by molar-refractivity contribution is 0.975. The Kier molecular flexibility index (Phi) is 13.0. The first kappa shape index (κ1) is 36.0. The van der Waals surface area contributed by atoms with Gasteiger partial charge in [0.15, 0.2) is 0 Å². The molecule has 0 heterocycles. The molecular formula is C43H30N8. The van der Waals surface area contributed by atoms with Crippen LogP contribution in [0.3, 0.4) is 0 Å². The Bertz CT molecular complexity index is 2220. The number of allylic oxidation sites excluding steroid dienone is 3. The minimum absolute atomic E-state index is 0.0943. The molecule has 0 bridgehead atoms. The van der Waals surface area contributed by atoms with Crippen molar-refractivity contribution in [3.05, 3.63) is 202 Å². The van der Waals surface area contributed by atoms with E-state index in [9.17, 15) is 5.26 Å². The van der Waals surface area contributed by atoms with Gasteiger partial charge in [0.2, 0.25) is 5.70 Å². The lowest BCUT2D eigenvalue weighted by Gasteiger charge is -2.25. The maximum absolute atomic E-state index is 9.35. The summed E-state index contributed by atoms with van der Waals surface area (Å²) >= 11 is 0. The highest BCUT2D eigenvalue weighted by atomic mass is 15.1. The molecule has 0 aliphatic heterocycles. The SMILES string of the molecule is [C-]#[N+]/C(C#N)=C(/C#N)c1ccc(N(Cc2ccccc2)c2ccccc2)cc1.[C-]#[N+]/C(C#N)=C(\[N+]#[C-])c1ccc(N(CC)c2ccccc2)cc1. The number of rotatable bonds is 9. The molecule has 5 aromatic carbocycles. The lowest BCUT2D eigenvalue weighted by Crippen LogP contribution is -2.16. The molecule has 0 radical (unpaired) electrons. The third kappa shape index (κ3) is 9.14. The molecule has 242 valence electrons. The van der Waals surface area contributed by atoms with Crippen molar-refractivity contribution in [1.29, 1.82) is 15.8 Å².